The molecule has 19 heavy (non-hydrogen) atoms. The van der Waals surface area contributed by atoms with E-state index in [1.807, 2.05) is 31.2 Å². The lowest BCUT2D eigenvalue weighted by Crippen LogP contribution is -2.23. The van der Waals surface area contributed by atoms with E-state index in [2.05, 4.69) is 9.97 Å². The van der Waals surface area contributed by atoms with Crippen LogP contribution in [0.1, 0.15) is 17.7 Å². The summed E-state index contributed by atoms with van der Waals surface area (Å²) in [6.45, 7) is 1.90. The molecule has 2 unspecified atom stereocenters. The number of nitrogens with two attached hydrogens (primary N) is 1. The first kappa shape index (κ1) is 14.1. The summed E-state index contributed by atoms with van der Waals surface area (Å²) >= 11 is 7.60. The van der Waals surface area contributed by atoms with Gasteiger partial charge in [-0.05, 0) is 18.6 Å². The van der Waals surface area contributed by atoms with Crippen LogP contribution >= 0.6 is 23.4 Å². The van der Waals surface area contributed by atoms with Crippen molar-refractivity contribution < 1.29 is 0 Å². The smallest absolute Gasteiger partial charge is 0.251 e. The third-order valence-corrected chi connectivity index (χ3v) is 4.29. The SMILES string of the molecule is CC(N)C(Sc1nccc(=O)[nH]1)c1ccccc1Cl. The van der Waals surface area contributed by atoms with Crippen LogP contribution in [0.25, 0.3) is 0 Å². The maximum Gasteiger partial charge on any atom is 0.251 e. The highest BCUT2D eigenvalue weighted by Gasteiger charge is 2.21. The van der Waals surface area contributed by atoms with E-state index in [1.165, 1.54) is 24.0 Å². The van der Waals surface area contributed by atoms with Gasteiger partial charge in [-0.2, -0.15) is 0 Å². The highest BCUT2D eigenvalue weighted by molar-refractivity contribution is 7.99. The minimum Gasteiger partial charge on any atom is -0.327 e. The summed E-state index contributed by atoms with van der Waals surface area (Å²) in [6.07, 6.45) is 1.48. The highest BCUT2D eigenvalue weighted by Crippen LogP contribution is 2.38. The second kappa shape index (κ2) is 6.23. The van der Waals surface area contributed by atoms with E-state index in [0.717, 1.165) is 5.56 Å². The number of aromatic amines is 1. The molecule has 1 heterocycles. The summed E-state index contributed by atoms with van der Waals surface area (Å²) in [5.41, 5.74) is 6.78. The zero-order valence-electron chi connectivity index (χ0n) is 10.3. The Morgan fingerprint density at radius 1 is 1.37 bits per heavy atom. The first-order valence-electron chi connectivity index (χ1n) is 5.80. The molecule has 0 amide bonds. The van der Waals surface area contributed by atoms with Crippen molar-refractivity contribution in [1.82, 2.24) is 9.97 Å². The van der Waals surface area contributed by atoms with E-state index in [-0.39, 0.29) is 16.9 Å². The van der Waals surface area contributed by atoms with Crippen molar-refractivity contribution in [3.63, 3.8) is 0 Å². The summed E-state index contributed by atoms with van der Waals surface area (Å²) in [6, 6.07) is 8.80. The fourth-order valence-electron chi connectivity index (χ4n) is 1.69. The van der Waals surface area contributed by atoms with Gasteiger partial charge in [0.25, 0.3) is 5.56 Å². The molecule has 6 heteroatoms. The molecule has 2 rings (SSSR count). The predicted molar refractivity (Wildman–Crippen MR) is 78.6 cm³/mol. The number of thioether (sulfide) groups is 1. The zero-order valence-corrected chi connectivity index (χ0v) is 11.9. The number of halogens is 1. The number of nitrogens with one attached hydrogen (secondary N) is 1. The van der Waals surface area contributed by atoms with E-state index in [9.17, 15) is 4.79 Å². The number of H-pyrrole nitrogens is 1. The largest absolute Gasteiger partial charge is 0.327 e. The third kappa shape index (κ3) is 3.59. The Hall–Kier alpha value is -1.30. The molecule has 0 spiro atoms. The van der Waals surface area contributed by atoms with Crippen LogP contribution in [0.4, 0.5) is 0 Å². The first-order chi connectivity index (χ1) is 9.08. The number of rotatable bonds is 4. The molecular formula is C13H14ClN3OS. The Bertz CT molecular complexity index is 615. The van der Waals surface area contributed by atoms with Gasteiger partial charge in [-0.25, -0.2) is 4.98 Å². The highest BCUT2D eigenvalue weighted by atomic mass is 35.5. The molecule has 2 atom stereocenters. The monoisotopic (exact) mass is 295 g/mol. The molecule has 2 aromatic rings. The van der Waals surface area contributed by atoms with E-state index >= 15 is 0 Å². The number of hydrogen-bond donors (Lipinski definition) is 2. The van der Waals surface area contributed by atoms with Crippen LogP contribution in [-0.2, 0) is 0 Å². The van der Waals surface area contributed by atoms with Crippen molar-refractivity contribution in [2.24, 2.45) is 5.73 Å². The topological polar surface area (TPSA) is 71.8 Å². The molecule has 4 nitrogen and oxygen atoms in total. The van der Waals surface area contributed by atoms with E-state index in [1.54, 1.807) is 0 Å². The van der Waals surface area contributed by atoms with Crippen molar-refractivity contribution in [1.29, 1.82) is 0 Å². The lowest BCUT2D eigenvalue weighted by atomic mass is 10.1. The van der Waals surface area contributed by atoms with Crippen molar-refractivity contribution in [3.05, 3.63) is 57.5 Å². The Morgan fingerprint density at radius 3 is 2.74 bits per heavy atom. The molecule has 0 aliphatic rings. The minimum atomic E-state index is -0.180. The molecule has 0 saturated carbocycles. The standard InChI is InChI=1S/C13H14ClN3OS/c1-8(15)12(9-4-2-3-5-10(9)14)19-13-16-7-6-11(18)17-13/h2-8,12H,15H2,1H3,(H,16,17,18). The van der Waals surface area contributed by atoms with Gasteiger partial charge in [0.05, 0.1) is 5.25 Å². The molecule has 0 radical (unpaired) electrons. The third-order valence-electron chi connectivity index (χ3n) is 2.58. The van der Waals surface area contributed by atoms with Crippen LogP contribution in [-0.4, -0.2) is 16.0 Å². The molecule has 100 valence electrons. The minimum absolute atomic E-state index is 0.0701. The molecule has 0 bridgehead atoms. The molecule has 0 fully saturated rings. The van der Waals surface area contributed by atoms with Gasteiger partial charge in [0.15, 0.2) is 5.16 Å². The fourth-order valence-corrected chi connectivity index (χ4v) is 3.08. The van der Waals surface area contributed by atoms with Gasteiger partial charge < -0.3 is 10.7 Å². The average molecular weight is 296 g/mol. The van der Waals surface area contributed by atoms with Crippen molar-refractivity contribution in [2.75, 3.05) is 0 Å². The van der Waals surface area contributed by atoms with Gasteiger partial charge in [0, 0.05) is 23.3 Å². The Balaban J connectivity index is 2.32. The molecule has 1 aromatic carbocycles. The van der Waals surface area contributed by atoms with Gasteiger partial charge in [-0.1, -0.05) is 41.6 Å². The van der Waals surface area contributed by atoms with Crippen LogP contribution in [0.3, 0.4) is 0 Å². The van der Waals surface area contributed by atoms with Gasteiger partial charge in [0.1, 0.15) is 0 Å². The van der Waals surface area contributed by atoms with Crippen LogP contribution in [0.2, 0.25) is 5.02 Å². The fraction of sp³-hybridized carbons (Fsp3) is 0.231. The molecule has 0 saturated heterocycles. The lowest BCUT2D eigenvalue weighted by Gasteiger charge is -2.21. The molecular weight excluding hydrogens is 282 g/mol. The Morgan fingerprint density at radius 2 is 2.11 bits per heavy atom. The van der Waals surface area contributed by atoms with Gasteiger partial charge in [-0.15, -0.1) is 0 Å². The lowest BCUT2D eigenvalue weighted by molar-refractivity contribution is 0.717. The van der Waals surface area contributed by atoms with Crippen LogP contribution in [0.5, 0.6) is 0 Å². The molecule has 0 aliphatic heterocycles. The maximum absolute atomic E-state index is 11.3. The van der Waals surface area contributed by atoms with Crippen molar-refractivity contribution in [3.8, 4) is 0 Å². The Labute approximate surface area is 120 Å². The number of nitrogens with zero attached hydrogens (tertiary/aromatic N) is 1. The van der Waals surface area contributed by atoms with Gasteiger partial charge >= 0.3 is 0 Å². The van der Waals surface area contributed by atoms with Crippen LogP contribution in [0, 0.1) is 0 Å². The van der Waals surface area contributed by atoms with Crippen molar-refractivity contribution in [2.45, 2.75) is 23.4 Å². The van der Waals surface area contributed by atoms with Crippen LogP contribution < -0.4 is 11.3 Å². The predicted octanol–water partition coefficient (Wildman–Crippen LogP) is 2.60. The summed E-state index contributed by atoms with van der Waals surface area (Å²) in [5, 5.41) is 1.13. The average Bonchev–Trinajstić information content (AvgIpc) is 2.37. The number of hydrogen-bond acceptors (Lipinski definition) is 4. The number of benzene rings is 1. The summed E-state index contributed by atoms with van der Waals surface area (Å²) in [4.78, 5) is 18.1. The van der Waals surface area contributed by atoms with E-state index in [4.69, 9.17) is 17.3 Å². The molecule has 3 N–H and O–H groups in total. The zero-order chi connectivity index (χ0) is 13.8. The van der Waals surface area contributed by atoms with Gasteiger partial charge in [0.2, 0.25) is 0 Å². The second-order valence-electron chi connectivity index (χ2n) is 4.16. The van der Waals surface area contributed by atoms with E-state index < -0.39 is 0 Å². The van der Waals surface area contributed by atoms with Crippen molar-refractivity contribution >= 4 is 23.4 Å². The second-order valence-corrected chi connectivity index (χ2v) is 5.70. The summed E-state index contributed by atoms with van der Waals surface area (Å²) < 4.78 is 0. The number of aromatic nitrogens is 2. The van der Waals surface area contributed by atoms with E-state index in [0.29, 0.717) is 10.2 Å². The molecule has 1 aromatic heterocycles. The quantitative estimate of drug-likeness (QED) is 0.672. The van der Waals surface area contributed by atoms with Gasteiger partial charge in [-0.3, -0.25) is 4.79 Å². The van der Waals surface area contributed by atoms with Crippen LogP contribution in [0.15, 0.2) is 46.5 Å². The summed E-state index contributed by atoms with van der Waals surface area (Å²) in [5.74, 6) is 0. The first-order valence-corrected chi connectivity index (χ1v) is 7.05. The normalized spacial score (nSPS) is 14.1. The molecule has 0 aliphatic carbocycles. The Kier molecular flexibility index (Phi) is 4.63. The maximum atomic E-state index is 11.3. The summed E-state index contributed by atoms with van der Waals surface area (Å²) in [7, 11) is 0.